The van der Waals surface area contributed by atoms with E-state index in [1.165, 1.54) is 18.2 Å². The van der Waals surface area contributed by atoms with E-state index in [4.69, 9.17) is 9.47 Å². The van der Waals surface area contributed by atoms with Crippen LogP contribution in [0, 0.1) is 10.1 Å². The SMILES string of the molecule is CCOC(=O)CC(NC(=O)c1ccccc1[N+](=O)[O-])c1ccc(OCC)cc1. The number of rotatable bonds is 9. The number of amides is 1. The molecule has 28 heavy (non-hydrogen) atoms. The van der Waals surface area contributed by atoms with Gasteiger partial charge >= 0.3 is 5.97 Å². The van der Waals surface area contributed by atoms with E-state index >= 15 is 0 Å². The number of carbonyl (C=O) groups excluding carboxylic acids is 2. The molecule has 0 bridgehead atoms. The topological polar surface area (TPSA) is 108 Å². The second-order valence-corrected chi connectivity index (χ2v) is 5.81. The van der Waals surface area contributed by atoms with Crippen LogP contribution in [0.1, 0.15) is 42.2 Å². The van der Waals surface area contributed by atoms with Gasteiger partial charge in [-0.15, -0.1) is 0 Å². The molecule has 2 aromatic carbocycles. The maximum atomic E-state index is 12.7. The lowest BCUT2D eigenvalue weighted by atomic mass is 10.0. The number of ether oxygens (including phenoxy) is 2. The first-order valence-corrected chi connectivity index (χ1v) is 8.88. The molecule has 1 amide bonds. The number of para-hydroxylation sites is 1. The van der Waals surface area contributed by atoms with Crippen LogP contribution >= 0.6 is 0 Å². The number of hydrogen-bond acceptors (Lipinski definition) is 6. The summed E-state index contributed by atoms with van der Waals surface area (Å²) in [6.45, 7) is 4.28. The molecule has 0 aliphatic rings. The lowest BCUT2D eigenvalue weighted by molar-refractivity contribution is -0.385. The molecule has 1 N–H and O–H groups in total. The van der Waals surface area contributed by atoms with Crippen LogP contribution in [-0.4, -0.2) is 30.0 Å². The third-order valence-corrected chi connectivity index (χ3v) is 3.92. The maximum Gasteiger partial charge on any atom is 0.308 e. The summed E-state index contributed by atoms with van der Waals surface area (Å²) in [4.78, 5) is 35.2. The first kappa shape index (κ1) is 20.9. The summed E-state index contributed by atoms with van der Waals surface area (Å²) in [6, 6.07) is 11.9. The summed E-state index contributed by atoms with van der Waals surface area (Å²) in [5.41, 5.74) is 0.275. The number of hydrogen-bond donors (Lipinski definition) is 1. The van der Waals surface area contributed by atoms with Crippen molar-refractivity contribution in [1.82, 2.24) is 5.32 Å². The minimum absolute atomic E-state index is 0.0766. The van der Waals surface area contributed by atoms with Crippen LogP contribution in [0.5, 0.6) is 5.75 Å². The van der Waals surface area contributed by atoms with Crippen LogP contribution in [-0.2, 0) is 9.53 Å². The molecule has 0 saturated heterocycles. The highest BCUT2D eigenvalue weighted by Crippen LogP contribution is 2.23. The van der Waals surface area contributed by atoms with Gasteiger partial charge in [-0.1, -0.05) is 24.3 Å². The van der Waals surface area contributed by atoms with Crippen LogP contribution in [0.4, 0.5) is 5.69 Å². The number of esters is 1. The van der Waals surface area contributed by atoms with Crippen LogP contribution < -0.4 is 10.1 Å². The number of carbonyl (C=O) groups is 2. The summed E-state index contributed by atoms with van der Waals surface area (Å²) < 4.78 is 10.4. The van der Waals surface area contributed by atoms with Gasteiger partial charge < -0.3 is 14.8 Å². The molecular formula is C20H22N2O6. The fraction of sp³-hybridized carbons (Fsp3) is 0.300. The van der Waals surface area contributed by atoms with Crippen molar-refractivity contribution in [2.45, 2.75) is 26.3 Å². The standard InChI is InChI=1S/C20H22N2O6/c1-3-27-15-11-9-14(10-12-15)17(13-19(23)28-4-2)21-20(24)16-7-5-6-8-18(16)22(25)26/h5-12,17H,3-4,13H2,1-2H3,(H,21,24). The smallest absolute Gasteiger partial charge is 0.308 e. The summed E-state index contributed by atoms with van der Waals surface area (Å²) in [7, 11) is 0. The first-order chi connectivity index (χ1) is 13.5. The van der Waals surface area contributed by atoms with Crippen molar-refractivity contribution in [2.24, 2.45) is 0 Å². The van der Waals surface area contributed by atoms with Gasteiger partial charge in [0.2, 0.25) is 0 Å². The Morgan fingerprint density at radius 3 is 2.36 bits per heavy atom. The lowest BCUT2D eigenvalue weighted by Crippen LogP contribution is -2.31. The van der Waals surface area contributed by atoms with Gasteiger partial charge in [0.25, 0.3) is 11.6 Å². The average molecular weight is 386 g/mol. The van der Waals surface area contributed by atoms with E-state index in [0.29, 0.717) is 17.9 Å². The third-order valence-electron chi connectivity index (χ3n) is 3.92. The highest BCUT2D eigenvalue weighted by molar-refractivity contribution is 5.98. The van der Waals surface area contributed by atoms with Gasteiger partial charge in [-0.05, 0) is 37.6 Å². The van der Waals surface area contributed by atoms with Gasteiger partial charge in [0, 0.05) is 6.07 Å². The van der Waals surface area contributed by atoms with Gasteiger partial charge in [0.15, 0.2) is 0 Å². The molecule has 1 atom stereocenters. The predicted octanol–water partition coefficient (Wildman–Crippen LogP) is 3.42. The zero-order valence-corrected chi connectivity index (χ0v) is 15.7. The van der Waals surface area contributed by atoms with E-state index in [-0.39, 0.29) is 24.3 Å². The van der Waals surface area contributed by atoms with Gasteiger partial charge in [0.1, 0.15) is 11.3 Å². The molecule has 0 saturated carbocycles. The zero-order valence-electron chi connectivity index (χ0n) is 15.7. The molecule has 0 aliphatic heterocycles. The maximum absolute atomic E-state index is 12.7. The van der Waals surface area contributed by atoms with Crippen molar-refractivity contribution < 1.29 is 24.0 Å². The van der Waals surface area contributed by atoms with Gasteiger partial charge in [0.05, 0.1) is 30.6 Å². The summed E-state index contributed by atoms with van der Waals surface area (Å²) >= 11 is 0. The summed E-state index contributed by atoms with van der Waals surface area (Å²) in [5, 5.41) is 13.9. The number of nitrogens with one attached hydrogen (secondary N) is 1. The Labute approximate surface area is 162 Å². The van der Waals surface area contributed by atoms with Crippen molar-refractivity contribution in [1.29, 1.82) is 0 Å². The van der Waals surface area contributed by atoms with Gasteiger partial charge in [-0.3, -0.25) is 19.7 Å². The molecule has 0 aliphatic carbocycles. The molecule has 1 unspecified atom stereocenters. The number of nitro benzene ring substituents is 1. The monoisotopic (exact) mass is 386 g/mol. The molecular weight excluding hydrogens is 364 g/mol. The van der Waals surface area contributed by atoms with E-state index in [0.717, 1.165) is 0 Å². The Bertz CT molecular complexity index is 835. The quantitative estimate of drug-likeness (QED) is 0.402. The highest BCUT2D eigenvalue weighted by atomic mass is 16.6. The van der Waals surface area contributed by atoms with E-state index < -0.39 is 22.8 Å². The van der Waals surface area contributed by atoms with Crippen molar-refractivity contribution in [3.63, 3.8) is 0 Å². The van der Waals surface area contributed by atoms with Gasteiger partial charge in [-0.25, -0.2) is 0 Å². The van der Waals surface area contributed by atoms with Crippen LogP contribution in [0.2, 0.25) is 0 Å². The Kier molecular flexibility index (Phi) is 7.50. The second-order valence-electron chi connectivity index (χ2n) is 5.81. The molecule has 0 aromatic heterocycles. The molecule has 8 heteroatoms. The van der Waals surface area contributed by atoms with Crippen molar-refractivity contribution >= 4 is 17.6 Å². The fourth-order valence-corrected chi connectivity index (χ4v) is 2.66. The molecule has 0 radical (unpaired) electrons. The fourth-order valence-electron chi connectivity index (χ4n) is 2.66. The number of nitrogens with zero attached hydrogens (tertiary/aromatic N) is 1. The molecule has 0 heterocycles. The van der Waals surface area contributed by atoms with Crippen molar-refractivity contribution in [2.75, 3.05) is 13.2 Å². The highest BCUT2D eigenvalue weighted by Gasteiger charge is 2.24. The van der Waals surface area contributed by atoms with Gasteiger partial charge in [-0.2, -0.15) is 0 Å². The predicted molar refractivity (Wildman–Crippen MR) is 102 cm³/mol. The number of benzene rings is 2. The first-order valence-electron chi connectivity index (χ1n) is 8.88. The number of nitro groups is 1. The lowest BCUT2D eigenvalue weighted by Gasteiger charge is -2.19. The van der Waals surface area contributed by atoms with Crippen molar-refractivity contribution in [3.05, 3.63) is 69.8 Å². The Balaban J connectivity index is 2.27. The second kappa shape index (κ2) is 10.1. The van der Waals surface area contributed by atoms with Crippen LogP contribution in [0.3, 0.4) is 0 Å². The summed E-state index contributed by atoms with van der Waals surface area (Å²) in [6.07, 6.45) is -0.103. The molecule has 2 rings (SSSR count). The minimum atomic E-state index is -0.706. The van der Waals surface area contributed by atoms with E-state index in [1.54, 1.807) is 37.3 Å². The minimum Gasteiger partial charge on any atom is -0.494 e. The average Bonchev–Trinajstić information content (AvgIpc) is 2.68. The Morgan fingerprint density at radius 2 is 1.75 bits per heavy atom. The van der Waals surface area contributed by atoms with Crippen molar-refractivity contribution in [3.8, 4) is 5.75 Å². The Hall–Kier alpha value is -3.42. The van der Waals surface area contributed by atoms with Crippen LogP contribution in [0.25, 0.3) is 0 Å². The molecule has 8 nitrogen and oxygen atoms in total. The molecule has 0 fully saturated rings. The van der Waals surface area contributed by atoms with E-state index in [2.05, 4.69) is 5.32 Å². The molecule has 2 aromatic rings. The Morgan fingerprint density at radius 1 is 1.07 bits per heavy atom. The largest absolute Gasteiger partial charge is 0.494 e. The molecule has 0 spiro atoms. The van der Waals surface area contributed by atoms with E-state index in [9.17, 15) is 19.7 Å². The summed E-state index contributed by atoms with van der Waals surface area (Å²) in [5.74, 6) is -0.467. The van der Waals surface area contributed by atoms with E-state index in [1.807, 2.05) is 6.92 Å². The molecule has 148 valence electrons. The zero-order chi connectivity index (χ0) is 20.5. The third kappa shape index (κ3) is 5.54. The normalized spacial score (nSPS) is 11.4. The van der Waals surface area contributed by atoms with Crippen LogP contribution in [0.15, 0.2) is 48.5 Å².